The largest absolute Gasteiger partial charge is 0.486 e. The third-order valence-electron chi connectivity index (χ3n) is 3.31. The molecule has 1 atom stereocenters. The number of amides is 1. The maximum absolute atomic E-state index is 11.2. The molecule has 1 amide bonds. The zero-order chi connectivity index (χ0) is 15.5. The number of nitrogens with two attached hydrogens (primary N) is 1. The fourth-order valence-corrected chi connectivity index (χ4v) is 2.21. The van der Waals surface area contributed by atoms with Crippen LogP contribution in [0.3, 0.4) is 0 Å². The number of likely N-dealkylation sites (N-methyl/N-ethyl adjacent to an activating group) is 1. The maximum atomic E-state index is 11.2. The van der Waals surface area contributed by atoms with Gasteiger partial charge in [0.15, 0.2) is 17.6 Å². The third-order valence-corrected chi connectivity index (χ3v) is 3.31. The molecule has 2 aromatic rings. The van der Waals surface area contributed by atoms with Gasteiger partial charge in [-0.05, 0) is 12.1 Å². The minimum absolute atomic E-state index is 0.135. The summed E-state index contributed by atoms with van der Waals surface area (Å²) in [4.78, 5) is 21.2. The standard InChI is InChI=1S/C15H16N4O3/c1-19(14-7-17-6-11(18-14)15(16)20)8-10-9-21-12-4-2-3-5-13(12)22-10/h2-7,10H,8-9H2,1H3,(H2,16,20)/t10-/m0/s1. The number of hydrogen-bond donors (Lipinski definition) is 1. The number of para-hydroxylation sites is 2. The normalized spacial score (nSPS) is 16.1. The summed E-state index contributed by atoms with van der Waals surface area (Å²) in [5, 5.41) is 0. The van der Waals surface area contributed by atoms with Gasteiger partial charge >= 0.3 is 0 Å². The number of anilines is 1. The van der Waals surface area contributed by atoms with E-state index in [1.54, 1.807) is 6.20 Å². The van der Waals surface area contributed by atoms with Crippen LogP contribution in [0.1, 0.15) is 10.5 Å². The van der Waals surface area contributed by atoms with Gasteiger partial charge in [-0.25, -0.2) is 4.98 Å². The number of nitrogens with zero attached hydrogens (tertiary/aromatic N) is 3. The molecule has 0 radical (unpaired) electrons. The molecule has 0 saturated carbocycles. The lowest BCUT2D eigenvalue weighted by atomic mass is 10.2. The lowest BCUT2D eigenvalue weighted by molar-refractivity contribution is 0.0959. The van der Waals surface area contributed by atoms with E-state index < -0.39 is 5.91 Å². The van der Waals surface area contributed by atoms with Crippen molar-refractivity contribution >= 4 is 11.7 Å². The molecule has 22 heavy (non-hydrogen) atoms. The highest BCUT2D eigenvalue weighted by molar-refractivity contribution is 5.90. The second-order valence-electron chi connectivity index (χ2n) is 5.00. The van der Waals surface area contributed by atoms with Crippen molar-refractivity contribution in [1.29, 1.82) is 0 Å². The molecular formula is C15H16N4O3. The molecule has 0 unspecified atom stereocenters. The van der Waals surface area contributed by atoms with Crippen LogP contribution in [-0.4, -0.2) is 42.2 Å². The molecule has 7 nitrogen and oxygen atoms in total. The number of benzene rings is 1. The summed E-state index contributed by atoms with van der Waals surface area (Å²) in [6.45, 7) is 0.996. The van der Waals surface area contributed by atoms with Gasteiger partial charge in [0, 0.05) is 7.05 Å². The number of ether oxygens (including phenoxy) is 2. The zero-order valence-electron chi connectivity index (χ0n) is 12.1. The lowest BCUT2D eigenvalue weighted by Crippen LogP contribution is -2.39. The van der Waals surface area contributed by atoms with Crippen LogP contribution in [0.15, 0.2) is 36.7 Å². The van der Waals surface area contributed by atoms with Gasteiger partial charge in [-0.15, -0.1) is 0 Å². The van der Waals surface area contributed by atoms with Crippen LogP contribution < -0.4 is 20.1 Å². The van der Waals surface area contributed by atoms with Gasteiger partial charge in [0.2, 0.25) is 0 Å². The molecule has 0 saturated heterocycles. The van der Waals surface area contributed by atoms with E-state index in [1.165, 1.54) is 6.20 Å². The molecule has 0 bridgehead atoms. The molecular weight excluding hydrogens is 284 g/mol. The molecule has 114 valence electrons. The topological polar surface area (TPSA) is 90.6 Å². The van der Waals surface area contributed by atoms with E-state index >= 15 is 0 Å². The Kier molecular flexibility index (Phi) is 3.78. The Bertz CT molecular complexity index is 692. The van der Waals surface area contributed by atoms with E-state index in [0.717, 1.165) is 11.5 Å². The first kappa shape index (κ1) is 14.1. The second-order valence-corrected chi connectivity index (χ2v) is 5.00. The summed E-state index contributed by atoms with van der Waals surface area (Å²) in [5.74, 6) is 1.42. The van der Waals surface area contributed by atoms with Crippen molar-refractivity contribution in [3.63, 3.8) is 0 Å². The molecule has 2 N–H and O–H groups in total. The molecule has 1 aliphatic heterocycles. The molecule has 2 heterocycles. The molecule has 0 fully saturated rings. The molecule has 0 spiro atoms. The lowest BCUT2D eigenvalue weighted by Gasteiger charge is -2.29. The van der Waals surface area contributed by atoms with Crippen LogP contribution in [0.5, 0.6) is 11.5 Å². The summed E-state index contributed by atoms with van der Waals surface area (Å²) in [6.07, 6.45) is 2.78. The van der Waals surface area contributed by atoms with Crippen molar-refractivity contribution in [3.05, 3.63) is 42.4 Å². The van der Waals surface area contributed by atoms with Gasteiger partial charge < -0.3 is 20.1 Å². The first-order chi connectivity index (χ1) is 10.6. The molecule has 7 heteroatoms. The van der Waals surface area contributed by atoms with Crippen molar-refractivity contribution in [2.24, 2.45) is 5.73 Å². The van der Waals surface area contributed by atoms with Crippen molar-refractivity contribution < 1.29 is 14.3 Å². The Labute approximate surface area is 127 Å². The Morgan fingerprint density at radius 1 is 1.36 bits per heavy atom. The number of carbonyl (C=O) groups excluding carboxylic acids is 1. The molecule has 1 aliphatic rings. The fourth-order valence-electron chi connectivity index (χ4n) is 2.21. The Morgan fingerprint density at radius 3 is 2.91 bits per heavy atom. The zero-order valence-corrected chi connectivity index (χ0v) is 12.1. The summed E-state index contributed by atoms with van der Waals surface area (Å²) >= 11 is 0. The van der Waals surface area contributed by atoms with Gasteiger partial charge in [0.1, 0.15) is 18.1 Å². The first-order valence-electron chi connectivity index (χ1n) is 6.85. The van der Waals surface area contributed by atoms with Crippen LogP contribution >= 0.6 is 0 Å². The van der Waals surface area contributed by atoms with Crippen LogP contribution in [0.4, 0.5) is 5.82 Å². The SMILES string of the molecule is CN(C[C@H]1COc2ccccc2O1)c1cncc(C(N)=O)n1. The number of carbonyl (C=O) groups is 1. The van der Waals surface area contributed by atoms with Crippen molar-refractivity contribution in [3.8, 4) is 11.5 Å². The van der Waals surface area contributed by atoms with Gasteiger partial charge in [-0.3, -0.25) is 9.78 Å². The van der Waals surface area contributed by atoms with E-state index in [-0.39, 0.29) is 11.8 Å². The Balaban J connectivity index is 1.69. The van der Waals surface area contributed by atoms with E-state index in [0.29, 0.717) is 19.0 Å². The number of hydrogen-bond acceptors (Lipinski definition) is 6. The Morgan fingerprint density at radius 2 is 2.14 bits per heavy atom. The van der Waals surface area contributed by atoms with Gasteiger partial charge in [-0.2, -0.15) is 0 Å². The number of primary amides is 1. The van der Waals surface area contributed by atoms with Gasteiger partial charge in [-0.1, -0.05) is 12.1 Å². The van der Waals surface area contributed by atoms with Crippen LogP contribution in [0.2, 0.25) is 0 Å². The van der Waals surface area contributed by atoms with E-state index in [1.807, 2.05) is 36.2 Å². The number of fused-ring (bicyclic) bond motifs is 1. The summed E-state index contributed by atoms with van der Waals surface area (Å²) in [5.41, 5.74) is 5.35. The smallest absolute Gasteiger partial charge is 0.268 e. The minimum Gasteiger partial charge on any atom is -0.486 e. The van der Waals surface area contributed by atoms with Crippen molar-refractivity contribution in [2.75, 3.05) is 25.1 Å². The average Bonchev–Trinajstić information content (AvgIpc) is 2.55. The average molecular weight is 300 g/mol. The van der Waals surface area contributed by atoms with Gasteiger partial charge in [0.05, 0.1) is 18.9 Å². The van der Waals surface area contributed by atoms with E-state index in [4.69, 9.17) is 15.2 Å². The van der Waals surface area contributed by atoms with E-state index in [2.05, 4.69) is 9.97 Å². The number of rotatable bonds is 4. The maximum Gasteiger partial charge on any atom is 0.268 e. The van der Waals surface area contributed by atoms with Gasteiger partial charge in [0.25, 0.3) is 5.91 Å². The molecule has 1 aromatic heterocycles. The summed E-state index contributed by atoms with van der Waals surface area (Å²) < 4.78 is 11.6. The predicted molar refractivity (Wildman–Crippen MR) is 80.2 cm³/mol. The first-order valence-corrected chi connectivity index (χ1v) is 6.85. The minimum atomic E-state index is -0.603. The van der Waals surface area contributed by atoms with Crippen LogP contribution in [0.25, 0.3) is 0 Å². The quantitative estimate of drug-likeness (QED) is 0.900. The summed E-state index contributed by atoms with van der Waals surface area (Å²) in [6, 6.07) is 7.54. The van der Waals surface area contributed by atoms with Crippen molar-refractivity contribution in [2.45, 2.75) is 6.10 Å². The molecule has 0 aliphatic carbocycles. The number of aromatic nitrogens is 2. The van der Waals surface area contributed by atoms with Crippen LogP contribution in [-0.2, 0) is 0 Å². The second kappa shape index (κ2) is 5.88. The third kappa shape index (κ3) is 2.93. The highest BCUT2D eigenvalue weighted by Gasteiger charge is 2.22. The fraction of sp³-hybridized carbons (Fsp3) is 0.267. The predicted octanol–water partition coefficient (Wildman–Crippen LogP) is 0.852. The Hall–Kier alpha value is -2.83. The molecule has 3 rings (SSSR count). The summed E-state index contributed by atoms with van der Waals surface area (Å²) in [7, 11) is 1.85. The molecule has 1 aromatic carbocycles. The van der Waals surface area contributed by atoms with Crippen LogP contribution in [0, 0.1) is 0 Å². The van der Waals surface area contributed by atoms with Crippen molar-refractivity contribution in [1.82, 2.24) is 9.97 Å². The highest BCUT2D eigenvalue weighted by Crippen LogP contribution is 2.31. The highest BCUT2D eigenvalue weighted by atomic mass is 16.6. The monoisotopic (exact) mass is 300 g/mol. The van der Waals surface area contributed by atoms with E-state index in [9.17, 15) is 4.79 Å².